The van der Waals surface area contributed by atoms with E-state index in [0.29, 0.717) is 5.65 Å². The molecule has 0 aliphatic heterocycles. The number of nitrogens with zero attached hydrogens (tertiary/aromatic N) is 5. The average Bonchev–Trinajstić information content (AvgIpc) is 3.19. The number of hydrogen-bond acceptors (Lipinski definition) is 4. The van der Waals surface area contributed by atoms with Crippen molar-refractivity contribution in [2.75, 3.05) is 0 Å². The lowest BCUT2D eigenvalue weighted by Crippen LogP contribution is -2.01. The van der Waals surface area contributed by atoms with Gasteiger partial charge >= 0.3 is 0 Å². The second kappa shape index (κ2) is 6.12. The smallest absolute Gasteiger partial charge is 0.182 e. The van der Waals surface area contributed by atoms with E-state index in [1.165, 1.54) is 0 Å². The molecule has 4 aromatic heterocycles. The topological polar surface area (TPSA) is 72.3 Å². The molecule has 1 N–H and O–H groups in total. The molecule has 6 heteroatoms. The van der Waals surface area contributed by atoms with Crippen molar-refractivity contribution in [3.05, 3.63) is 48.0 Å². The van der Waals surface area contributed by atoms with Gasteiger partial charge in [0.1, 0.15) is 0 Å². The predicted molar refractivity (Wildman–Crippen MR) is 98.1 cm³/mol. The molecule has 4 rings (SSSR count). The van der Waals surface area contributed by atoms with Crippen LogP contribution in [0.5, 0.6) is 0 Å². The lowest BCUT2D eigenvalue weighted by Gasteiger charge is -2.07. The fourth-order valence-electron chi connectivity index (χ4n) is 3.17. The Balaban J connectivity index is 1.95. The molecule has 0 aromatic carbocycles. The Morgan fingerprint density at radius 2 is 2.00 bits per heavy atom. The first-order chi connectivity index (χ1) is 12.2. The zero-order chi connectivity index (χ0) is 17.4. The summed E-state index contributed by atoms with van der Waals surface area (Å²) in [6.07, 6.45) is 4.74. The highest BCUT2D eigenvalue weighted by molar-refractivity contribution is 5.95. The van der Waals surface area contributed by atoms with Crippen LogP contribution in [0.2, 0.25) is 0 Å². The van der Waals surface area contributed by atoms with Gasteiger partial charge in [0.2, 0.25) is 0 Å². The van der Waals surface area contributed by atoms with Crippen LogP contribution in [0.4, 0.5) is 0 Å². The number of rotatable bonds is 4. The number of aromatic amines is 1. The summed E-state index contributed by atoms with van der Waals surface area (Å²) in [6.45, 7) is 7.15. The van der Waals surface area contributed by atoms with Gasteiger partial charge in [0.05, 0.1) is 23.0 Å². The molecular weight excluding hydrogens is 312 g/mol. The van der Waals surface area contributed by atoms with Gasteiger partial charge in [-0.1, -0.05) is 13.0 Å². The van der Waals surface area contributed by atoms with Gasteiger partial charge in [0, 0.05) is 35.3 Å². The maximum atomic E-state index is 4.76. The first-order valence-electron chi connectivity index (χ1n) is 8.49. The fraction of sp³-hybridized carbons (Fsp3) is 0.263. The Hall–Kier alpha value is -3.02. The summed E-state index contributed by atoms with van der Waals surface area (Å²) >= 11 is 0. The lowest BCUT2D eigenvalue weighted by atomic mass is 10.0. The summed E-state index contributed by atoms with van der Waals surface area (Å²) in [5.41, 5.74) is 6.68. The summed E-state index contributed by atoms with van der Waals surface area (Å²) in [5, 5.41) is 12.9. The van der Waals surface area contributed by atoms with Crippen LogP contribution in [0.3, 0.4) is 0 Å². The van der Waals surface area contributed by atoms with E-state index < -0.39 is 0 Å². The third-order valence-electron chi connectivity index (χ3n) is 4.46. The van der Waals surface area contributed by atoms with Crippen LogP contribution in [0.1, 0.15) is 24.7 Å². The lowest BCUT2D eigenvalue weighted by molar-refractivity contribution is 0.587. The molecule has 0 saturated heterocycles. The number of hydrogen-bond donors (Lipinski definition) is 1. The van der Waals surface area contributed by atoms with Crippen molar-refractivity contribution in [1.29, 1.82) is 0 Å². The summed E-state index contributed by atoms with van der Waals surface area (Å²) in [7, 11) is 0. The van der Waals surface area contributed by atoms with Crippen LogP contribution in [0.25, 0.3) is 33.5 Å². The standard InChI is InChI=1S/C19H20N6/c1-4-9-25-13(3)15(11-21-25)17-10-14(16-7-5-6-8-20-16)18-12(2)23-24-19(18)22-17/h5-8,10-11H,4,9H2,1-3H3,(H,22,23,24). The van der Waals surface area contributed by atoms with E-state index in [9.17, 15) is 0 Å². The van der Waals surface area contributed by atoms with Crippen molar-refractivity contribution >= 4 is 11.0 Å². The van der Waals surface area contributed by atoms with E-state index in [4.69, 9.17) is 4.98 Å². The Labute approximate surface area is 145 Å². The molecule has 25 heavy (non-hydrogen) atoms. The number of H-pyrrole nitrogens is 1. The number of aryl methyl sites for hydroxylation is 2. The molecule has 0 amide bonds. The van der Waals surface area contributed by atoms with Crippen LogP contribution in [0.15, 0.2) is 36.7 Å². The van der Waals surface area contributed by atoms with Gasteiger partial charge in [-0.25, -0.2) is 4.98 Å². The highest BCUT2D eigenvalue weighted by Gasteiger charge is 2.17. The Morgan fingerprint density at radius 3 is 2.76 bits per heavy atom. The highest BCUT2D eigenvalue weighted by Crippen LogP contribution is 2.32. The minimum atomic E-state index is 0.707. The molecule has 4 heterocycles. The normalized spacial score (nSPS) is 11.3. The van der Waals surface area contributed by atoms with Crippen LogP contribution in [-0.4, -0.2) is 29.9 Å². The molecule has 0 radical (unpaired) electrons. The second-order valence-electron chi connectivity index (χ2n) is 6.18. The molecule has 0 aliphatic rings. The molecule has 4 aromatic rings. The number of fused-ring (bicyclic) bond motifs is 1. The predicted octanol–water partition coefficient (Wildman–Crippen LogP) is 3.91. The zero-order valence-corrected chi connectivity index (χ0v) is 14.6. The van der Waals surface area contributed by atoms with E-state index in [2.05, 4.69) is 40.2 Å². The van der Waals surface area contributed by atoms with Crippen LogP contribution >= 0.6 is 0 Å². The van der Waals surface area contributed by atoms with Gasteiger partial charge in [0.25, 0.3) is 0 Å². The van der Waals surface area contributed by atoms with Gasteiger partial charge in [-0.05, 0) is 38.5 Å². The Kier molecular flexibility index (Phi) is 3.80. The monoisotopic (exact) mass is 332 g/mol. The molecule has 0 unspecified atom stereocenters. The number of aromatic nitrogens is 6. The maximum Gasteiger partial charge on any atom is 0.182 e. The fourth-order valence-corrected chi connectivity index (χ4v) is 3.17. The molecule has 0 spiro atoms. The third-order valence-corrected chi connectivity index (χ3v) is 4.46. The summed E-state index contributed by atoms with van der Waals surface area (Å²) < 4.78 is 2.03. The van der Waals surface area contributed by atoms with Crippen LogP contribution < -0.4 is 0 Å². The van der Waals surface area contributed by atoms with E-state index >= 15 is 0 Å². The van der Waals surface area contributed by atoms with Crippen molar-refractivity contribution in [1.82, 2.24) is 29.9 Å². The average molecular weight is 332 g/mol. The van der Waals surface area contributed by atoms with Gasteiger partial charge in [0.15, 0.2) is 5.65 Å². The summed E-state index contributed by atoms with van der Waals surface area (Å²) in [4.78, 5) is 9.28. The number of nitrogens with one attached hydrogen (secondary N) is 1. The molecule has 6 nitrogen and oxygen atoms in total. The van der Waals surface area contributed by atoms with Gasteiger partial charge in [-0.15, -0.1) is 0 Å². The van der Waals surface area contributed by atoms with Crippen LogP contribution in [-0.2, 0) is 6.54 Å². The first kappa shape index (κ1) is 15.5. The Bertz CT molecular complexity index is 1030. The van der Waals surface area contributed by atoms with Crippen molar-refractivity contribution < 1.29 is 0 Å². The first-order valence-corrected chi connectivity index (χ1v) is 8.49. The molecule has 0 bridgehead atoms. The molecule has 0 saturated carbocycles. The van der Waals surface area contributed by atoms with E-state index in [-0.39, 0.29) is 0 Å². The SMILES string of the molecule is CCCn1ncc(-c2cc(-c3ccccn3)c3c(C)[nH]nc3n2)c1C. The van der Waals surface area contributed by atoms with Gasteiger partial charge in [-0.3, -0.25) is 14.8 Å². The molecule has 0 atom stereocenters. The van der Waals surface area contributed by atoms with Gasteiger partial charge < -0.3 is 0 Å². The summed E-state index contributed by atoms with van der Waals surface area (Å²) in [6, 6.07) is 8.02. The van der Waals surface area contributed by atoms with Crippen molar-refractivity contribution in [2.24, 2.45) is 0 Å². The van der Waals surface area contributed by atoms with Crippen LogP contribution in [0, 0.1) is 13.8 Å². The third kappa shape index (κ3) is 2.59. The molecular formula is C19H20N6. The van der Waals surface area contributed by atoms with Crippen molar-refractivity contribution in [2.45, 2.75) is 33.7 Å². The molecule has 0 aliphatic carbocycles. The molecule has 126 valence electrons. The highest BCUT2D eigenvalue weighted by atomic mass is 15.3. The minimum Gasteiger partial charge on any atom is -0.280 e. The van der Waals surface area contributed by atoms with Crippen molar-refractivity contribution in [3.8, 4) is 22.5 Å². The Morgan fingerprint density at radius 1 is 1.12 bits per heavy atom. The largest absolute Gasteiger partial charge is 0.280 e. The minimum absolute atomic E-state index is 0.707. The quantitative estimate of drug-likeness (QED) is 0.615. The molecule has 0 fully saturated rings. The summed E-state index contributed by atoms with van der Waals surface area (Å²) in [5.74, 6) is 0. The maximum absolute atomic E-state index is 4.76. The van der Waals surface area contributed by atoms with E-state index in [1.54, 1.807) is 6.20 Å². The van der Waals surface area contributed by atoms with E-state index in [1.807, 2.05) is 36.0 Å². The van der Waals surface area contributed by atoms with Crippen molar-refractivity contribution in [3.63, 3.8) is 0 Å². The second-order valence-corrected chi connectivity index (χ2v) is 6.18. The zero-order valence-electron chi connectivity index (χ0n) is 14.6. The number of pyridine rings is 2. The van der Waals surface area contributed by atoms with E-state index in [0.717, 1.165) is 52.3 Å². The van der Waals surface area contributed by atoms with Gasteiger partial charge in [-0.2, -0.15) is 10.2 Å².